The number of methoxy groups -OCH3 is 1. The van der Waals surface area contributed by atoms with Crippen LogP contribution in [0.25, 0.3) is 0 Å². The van der Waals surface area contributed by atoms with Crippen LogP contribution in [0.15, 0.2) is 24.3 Å². The largest absolute Gasteiger partial charge is 0.476 e. The van der Waals surface area contributed by atoms with Crippen molar-refractivity contribution in [2.45, 2.75) is 12.1 Å². The SMILES string of the molecule is COC(=O)[C@@H]1Oc2ccccc2[C@H]1N.Cl. The van der Waals surface area contributed by atoms with Gasteiger partial charge in [-0.05, 0) is 6.07 Å². The number of hydrogen-bond acceptors (Lipinski definition) is 4. The van der Waals surface area contributed by atoms with E-state index in [0.29, 0.717) is 5.75 Å². The van der Waals surface area contributed by atoms with E-state index in [4.69, 9.17) is 10.5 Å². The standard InChI is InChI=1S/C10H11NO3.ClH/c1-13-10(12)9-8(11)6-4-2-3-5-7(6)14-9;/h2-5,8-9H,11H2,1H3;1H/t8-,9-;/m1./s1. The van der Waals surface area contributed by atoms with Crippen molar-refractivity contribution in [1.82, 2.24) is 0 Å². The van der Waals surface area contributed by atoms with Crippen LogP contribution in [-0.2, 0) is 9.53 Å². The van der Waals surface area contributed by atoms with Crippen LogP contribution in [0.5, 0.6) is 5.75 Å². The van der Waals surface area contributed by atoms with Crippen molar-refractivity contribution in [3.63, 3.8) is 0 Å². The van der Waals surface area contributed by atoms with E-state index in [1.54, 1.807) is 6.07 Å². The Labute approximate surface area is 93.8 Å². The van der Waals surface area contributed by atoms with E-state index in [9.17, 15) is 4.79 Å². The van der Waals surface area contributed by atoms with Gasteiger partial charge in [-0.1, -0.05) is 18.2 Å². The smallest absolute Gasteiger partial charge is 0.349 e. The van der Waals surface area contributed by atoms with Crippen LogP contribution in [0.4, 0.5) is 0 Å². The quantitative estimate of drug-likeness (QED) is 0.731. The second kappa shape index (κ2) is 4.51. The fraction of sp³-hybridized carbons (Fsp3) is 0.300. The van der Waals surface area contributed by atoms with Gasteiger partial charge in [0, 0.05) is 5.56 Å². The van der Waals surface area contributed by atoms with Crippen molar-refractivity contribution in [3.8, 4) is 5.75 Å². The molecule has 15 heavy (non-hydrogen) atoms. The number of esters is 1. The summed E-state index contributed by atoms with van der Waals surface area (Å²) in [4.78, 5) is 11.3. The molecule has 0 unspecified atom stereocenters. The number of rotatable bonds is 1. The Kier molecular flexibility index (Phi) is 3.55. The molecule has 1 aromatic carbocycles. The number of ether oxygens (including phenoxy) is 2. The highest BCUT2D eigenvalue weighted by atomic mass is 35.5. The minimum Gasteiger partial charge on any atom is -0.476 e. The lowest BCUT2D eigenvalue weighted by Crippen LogP contribution is -2.34. The van der Waals surface area contributed by atoms with Crippen LogP contribution in [0.3, 0.4) is 0 Å². The van der Waals surface area contributed by atoms with Gasteiger partial charge in [-0.25, -0.2) is 4.79 Å². The third-order valence-corrected chi connectivity index (χ3v) is 2.29. The van der Waals surface area contributed by atoms with E-state index in [0.717, 1.165) is 5.56 Å². The first-order valence-electron chi connectivity index (χ1n) is 4.33. The number of fused-ring (bicyclic) bond motifs is 1. The third kappa shape index (κ3) is 1.91. The fourth-order valence-corrected chi connectivity index (χ4v) is 1.55. The summed E-state index contributed by atoms with van der Waals surface area (Å²) in [6.07, 6.45) is -0.711. The highest BCUT2D eigenvalue weighted by Gasteiger charge is 2.37. The molecule has 0 radical (unpaired) electrons. The topological polar surface area (TPSA) is 61.5 Å². The van der Waals surface area contributed by atoms with Crippen molar-refractivity contribution in [3.05, 3.63) is 29.8 Å². The summed E-state index contributed by atoms with van der Waals surface area (Å²) in [5, 5.41) is 0. The molecule has 1 aliphatic heterocycles. The van der Waals surface area contributed by atoms with Crippen LogP contribution in [0.2, 0.25) is 0 Å². The lowest BCUT2D eigenvalue weighted by atomic mass is 10.1. The minimum atomic E-state index is -0.711. The maximum atomic E-state index is 11.3. The molecule has 0 aliphatic carbocycles. The Balaban J connectivity index is 0.00000112. The molecule has 0 fully saturated rings. The highest BCUT2D eigenvalue weighted by molar-refractivity contribution is 5.85. The molecule has 82 valence electrons. The number of nitrogens with two attached hydrogens (primary N) is 1. The van der Waals surface area contributed by atoms with Gasteiger partial charge in [0.2, 0.25) is 6.10 Å². The van der Waals surface area contributed by atoms with Crippen LogP contribution in [0, 0.1) is 0 Å². The van der Waals surface area contributed by atoms with Crippen LogP contribution in [-0.4, -0.2) is 19.2 Å². The van der Waals surface area contributed by atoms with E-state index in [-0.39, 0.29) is 12.4 Å². The lowest BCUT2D eigenvalue weighted by Gasteiger charge is -2.11. The molecule has 2 rings (SSSR count). The summed E-state index contributed by atoms with van der Waals surface area (Å²) in [6.45, 7) is 0. The Morgan fingerprint density at radius 3 is 2.73 bits per heavy atom. The summed E-state index contributed by atoms with van der Waals surface area (Å²) in [5.74, 6) is 0.226. The molecule has 0 amide bonds. The molecule has 0 saturated heterocycles. The van der Waals surface area contributed by atoms with E-state index < -0.39 is 18.1 Å². The van der Waals surface area contributed by atoms with Gasteiger partial charge in [-0.3, -0.25) is 0 Å². The number of carbonyl (C=O) groups excluding carboxylic acids is 1. The molecule has 1 aliphatic rings. The van der Waals surface area contributed by atoms with Gasteiger partial charge in [-0.15, -0.1) is 12.4 Å². The summed E-state index contributed by atoms with van der Waals surface area (Å²) < 4.78 is 9.96. The normalized spacial score (nSPS) is 22.3. The molecule has 0 saturated carbocycles. The molecule has 0 bridgehead atoms. The zero-order chi connectivity index (χ0) is 10.1. The van der Waals surface area contributed by atoms with Gasteiger partial charge in [0.25, 0.3) is 0 Å². The number of benzene rings is 1. The van der Waals surface area contributed by atoms with Gasteiger partial charge in [0.1, 0.15) is 5.75 Å². The molecule has 2 atom stereocenters. The van der Waals surface area contributed by atoms with Gasteiger partial charge >= 0.3 is 5.97 Å². The van der Waals surface area contributed by atoms with Crippen molar-refractivity contribution < 1.29 is 14.3 Å². The van der Waals surface area contributed by atoms with Crippen molar-refractivity contribution in [2.24, 2.45) is 5.73 Å². The van der Waals surface area contributed by atoms with Crippen LogP contribution in [0.1, 0.15) is 11.6 Å². The lowest BCUT2D eigenvalue weighted by molar-refractivity contribution is -0.148. The Bertz CT molecular complexity index is 369. The van der Waals surface area contributed by atoms with Crippen LogP contribution >= 0.6 is 12.4 Å². The number of halogens is 1. The molecule has 0 spiro atoms. The molecule has 1 heterocycles. The average molecular weight is 230 g/mol. The predicted octanol–water partition coefficient (Wildman–Crippen LogP) is 1.04. The first-order chi connectivity index (χ1) is 6.74. The van der Waals surface area contributed by atoms with Crippen LogP contribution < -0.4 is 10.5 Å². The Morgan fingerprint density at radius 1 is 1.47 bits per heavy atom. The summed E-state index contributed by atoms with van der Waals surface area (Å²) in [5.41, 5.74) is 6.69. The second-order valence-electron chi connectivity index (χ2n) is 3.13. The van der Waals surface area contributed by atoms with Crippen molar-refractivity contribution >= 4 is 18.4 Å². The van der Waals surface area contributed by atoms with Gasteiger partial charge < -0.3 is 15.2 Å². The molecular formula is C10H12ClNO3. The molecule has 5 heteroatoms. The second-order valence-corrected chi connectivity index (χ2v) is 3.13. The molecular weight excluding hydrogens is 218 g/mol. The average Bonchev–Trinajstić information content (AvgIpc) is 2.56. The molecule has 0 aromatic heterocycles. The van der Waals surface area contributed by atoms with E-state index >= 15 is 0 Å². The summed E-state index contributed by atoms with van der Waals surface area (Å²) >= 11 is 0. The van der Waals surface area contributed by atoms with Crippen molar-refractivity contribution in [1.29, 1.82) is 0 Å². The van der Waals surface area contributed by atoms with E-state index in [2.05, 4.69) is 4.74 Å². The molecule has 1 aromatic rings. The maximum Gasteiger partial charge on any atom is 0.349 e. The minimum absolute atomic E-state index is 0. The third-order valence-electron chi connectivity index (χ3n) is 2.29. The van der Waals surface area contributed by atoms with E-state index in [1.165, 1.54) is 7.11 Å². The van der Waals surface area contributed by atoms with Gasteiger partial charge in [0.15, 0.2) is 0 Å². The molecule has 2 N–H and O–H groups in total. The van der Waals surface area contributed by atoms with E-state index in [1.807, 2.05) is 18.2 Å². The Morgan fingerprint density at radius 2 is 2.13 bits per heavy atom. The number of carbonyl (C=O) groups is 1. The first-order valence-corrected chi connectivity index (χ1v) is 4.33. The first kappa shape index (κ1) is 11.8. The summed E-state index contributed by atoms with van der Waals surface area (Å²) in [6, 6.07) is 6.91. The predicted molar refractivity (Wildman–Crippen MR) is 57.1 cm³/mol. The molecule has 4 nitrogen and oxygen atoms in total. The number of para-hydroxylation sites is 1. The Hall–Kier alpha value is -1.26. The zero-order valence-electron chi connectivity index (χ0n) is 8.17. The monoisotopic (exact) mass is 229 g/mol. The maximum absolute atomic E-state index is 11.3. The summed E-state index contributed by atoms with van der Waals surface area (Å²) in [7, 11) is 1.32. The number of hydrogen-bond donors (Lipinski definition) is 1. The zero-order valence-corrected chi connectivity index (χ0v) is 8.99. The van der Waals surface area contributed by atoms with Gasteiger partial charge in [0.05, 0.1) is 13.2 Å². The highest BCUT2D eigenvalue weighted by Crippen LogP contribution is 2.34. The van der Waals surface area contributed by atoms with Crippen molar-refractivity contribution in [2.75, 3.05) is 7.11 Å². The fourth-order valence-electron chi connectivity index (χ4n) is 1.55. The van der Waals surface area contributed by atoms with Gasteiger partial charge in [-0.2, -0.15) is 0 Å².